The minimum atomic E-state index is -3.79. The van der Waals surface area contributed by atoms with Crippen molar-refractivity contribution in [3.05, 3.63) is 93.5 Å². The number of amides is 1. The summed E-state index contributed by atoms with van der Waals surface area (Å²) in [5.74, 6) is -0.167. The maximum Gasteiger partial charge on any atom is 0.269 e. The summed E-state index contributed by atoms with van der Waals surface area (Å²) < 4.78 is 28.3. The molecule has 0 aliphatic carbocycles. The van der Waals surface area contributed by atoms with Gasteiger partial charge in [-0.1, -0.05) is 12.1 Å². The molecule has 1 heterocycles. The normalized spacial score (nSPS) is 14.0. The molecule has 0 radical (unpaired) electrons. The van der Waals surface area contributed by atoms with Gasteiger partial charge in [0.2, 0.25) is 0 Å². The van der Waals surface area contributed by atoms with E-state index in [1.54, 1.807) is 29.2 Å². The molecule has 3 aromatic rings. The van der Waals surface area contributed by atoms with Gasteiger partial charge in [-0.3, -0.25) is 19.6 Å². The minimum absolute atomic E-state index is 0.0391. The summed E-state index contributed by atoms with van der Waals surface area (Å²) >= 11 is 0. The summed E-state index contributed by atoms with van der Waals surface area (Å²) in [5, 5.41) is 10.8. The molecule has 0 saturated carbocycles. The number of carbonyl (C=O) groups excluding carboxylic acids is 1. The Balaban J connectivity index is 1.39. The van der Waals surface area contributed by atoms with E-state index in [4.69, 9.17) is 0 Å². The van der Waals surface area contributed by atoms with Crippen molar-refractivity contribution < 1.29 is 18.1 Å². The molecule has 0 bridgehead atoms. The van der Waals surface area contributed by atoms with Crippen LogP contribution in [-0.2, 0) is 10.0 Å². The standard InChI is InChI=1S/C25H26N4O5S/c1-18-4-3-5-24(19(18)2)26-35(33,34)23-12-6-20(7-13-23)25(30)28-16-14-27(15-17-28)21-8-10-22(11-9-21)29(31)32/h3-13,26H,14-17H2,1-2H3. The molecule has 3 aromatic carbocycles. The number of hydrogen-bond acceptors (Lipinski definition) is 6. The van der Waals surface area contributed by atoms with Crippen LogP contribution in [0.2, 0.25) is 0 Å². The Labute approximate surface area is 204 Å². The van der Waals surface area contributed by atoms with Crippen molar-refractivity contribution in [3.63, 3.8) is 0 Å². The lowest BCUT2D eigenvalue weighted by molar-refractivity contribution is -0.384. The summed E-state index contributed by atoms with van der Waals surface area (Å²) in [7, 11) is -3.79. The fraction of sp³-hybridized carbons (Fsp3) is 0.240. The molecule has 0 spiro atoms. The number of non-ortho nitro benzene ring substituents is 1. The molecule has 9 nitrogen and oxygen atoms in total. The van der Waals surface area contributed by atoms with Gasteiger partial charge in [0.05, 0.1) is 15.5 Å². The Kier molecular flexibility index (Phi) is 6.74. The molecule has 35 heavy (non-hydrogen) atoms. The SMILES string of the molecule is Cc1cccc(NS(=O)(=O)c2ccc(C(=O)N3CCN(c4ccc([N+](=O)[O-])cc4)CC3)cc2)c1C. The molecule has 1 fully saturated rings. The zero-order chi connectivity index (χ0) is 25.2. The predicted molar refractivity (Wildman–Crippen MR) is 134 cm³/mol. The molecule has 182 valence electrons. The van der Waals surface area contributed by atoms with E-state index in [-0.39, 0.29) is 16.5 Å². The van der Waals surface area contributed by atoms with E-state index in [0.29, 0.717) is 37.4 Å². The average Bonchev–Trinajstić information content (AvgIpc) is 2.86. The monoisotopic (exact) mass is 494 g/mol. The highest BCUT2D eigenvalue weighted by atomic mass is 32.2. The third-order valence-electron chi connectivity index (χ3n) is 6.25. The van der Waals surface area contributed by atoms with Crippen LogP contribution < -0.4 is 9.62 Å². The van der Waals surface area contributed by atoms with Crippen molar-refractivity contribution in [1.29, 1.82) is 0 Å². The molecule has 10 heteroatoms. The Morgan fingerprint density at radius 3 is 2.14 bits per heavy atom. The zero-order valence-corrected chi connectivity index (χ0v) is 20.3. The Hall–Kier alpha value is -3.92. The highest BCUT2D eigenvalue weighted by Crippen LogP contribution is 2.24. The van der Waals surface area contributed by atoms with Gasteiger partial charge in [-0.05, 0) is 67.4 Å². The van der Waals surface area contributed by atoms with Gasteiger partial charge in [0, 0.05) is 49.6 Å². The summed E-state index contributed by atoms with van der Waals surface area (Å²) in [6, 6.07) is 17.7. The largest absolute Gasteiger partial charge is 0.368 e. The Morgan fingerprint density at radius 1 is 0.914 bits per heavy atom. The molecule has 0 atom stereocenters. The summed E-state index contributed by atoms with van der Waals surface area (Å²) in [6.45, 7) is 5.94. The van der Waals surface area contributed by atoms with Crippen molar-refractivity contribution in [3.8, 4) is 0 Å². The highest BCUT2D eigenvalue weighted by molar-refractivity contribution is 7.92. The van der Waals surface area contributed by atoms with Gasteiger partial charge < -0.3 is 9.80 Å². The molecule has 1 aliphatic rings. The molecule has 1 aliphatic heterocycles. The topological polar surface area (TPSA) is 113 Å². The fourth-order valence-electron chi connectivity index (χ4n) is 3.98. The average molecular weight is 495 g/mol. The van der Waals surface area contributed by atoms with E-state index in [1.807, 2.05) is 19.9 Å². The van der Waals surface area contributed by atoms with Crippen molar-refractivity contribution in [2.75, 3.05) is 35.8 Å². The Morgan fingerprint density at radius 2 is 1.54 bits per heavy atom. The van der Waals surface area contributed by atoms with Gasteiger partial charge in [0.15, 0.2) is 0 Å². The molecular weight excluding hydrogens is 468 g/mol. The first-order valence-electron chi connectivity index (χ1n) is 11.1. The maximum atomic E-state index is 13.0. The molecular formula is C25H26N4O5S. The fourth-order valence-corrected chi connectivity index (χ4v) is 5.10. The van der Waals surface area contributed by atoms with Crippen molar-refractivity contribution in [2.45, 2.75) is 18.7 Å². The molecule has 0 aromatic heterocycles. The lowest BCUT2D eigenvalue weighted by atomic mass is 10.1. The van der Waals surface area contributed by atoms with Crippen molar-refractivity contribution >= 4 is 33.0 Å². The van der Waals surface area contributed by atoms with Gasteiger partial charge >= 0.3 is 0 Å². The number of hydrogen-bond donors (Lipinski definition) is 1. The second kappa shape index (κ2) is 9.75. The number of nitrogens with one attached hydrogen (secondary N) is 1. The van der Waals surface area contributed by atoms with E-state index < -0.39 is 14.9 Å². The first-order chi connectivity index (χ1) is 16.7. The number of aryl methyl sites for hydroxylation is 1. The van der Waals surface area contributed by atoms with Gasteiger partial charge in [-0.2, -0.15) is 0 Å². The van der Waals surface area contributed by atoms with Crippen LogP contribution in [0.15, 0.2) is 71.6 Å². The van der Waals surface area contributed by atoms with Crippen LogP contribution in [0.5, 0.6) is 0 Å². The minimum Gasteiger partial charge on any atom is -0.368 e. The Bertz CT molecular complexity index is 1350. The number of benzene rings is 3. The summed E-state index contributed by atoms with van der Waals surface area (Å²) in [5.41, 5.74) is 3.69. The van der Waals surface area contributed by atoms with Gasteiger partial charge in [0.1, 0.15) is 0 Å². The number of carbonyl (C=O) groups is 1. The van der Waals surface area contributed by atoms with E-state index in [0.717, 1.165) is 16.8 Å². The lowest BCUT2D eigenvalue weighted by Gasteiger charge is -2.36. The molecule has 1 saturated heterocycles. The van der Waals surface area contributed by atoms with Gasteiger partial charge in [-0.15, -0.1) is 0 Å². The first-order valence-corrected chi connectivity index (χ1v) is 12.6. The van der Waals surface area contributed by atoms with Crippen LogP contribution in [0.25, 0.3) is 0 Å². The predicted octanol–water partition coefficient (Wildman–Crippen LogP) is 3.97. The molecule has 1 amide bonds. The smallest absolute Gasteiger partial charge is 0.269 e. The van der Waals surface area contributed by atoms with Crippen molar-refractivity contribution in [2.24, 2.45) is 0 Å². The number of nitro groups is 1. The van der Waals surface area contributed by atoms with E-state index in [1.165, 1.54) is 36.4 Å². The quantitative estimate of drug-likeness (QED) is 0.410. The van der Waals surface area contributed by atoms with Gasteiger partial charge in [0.25, 0.3) is 21.6 Å². The van der Waals surface area contributed by atoms with E-state index in [2.05, 4.69) is 9.62 Å². The third kappa shape index (κ3) is 5.27. The second-order valence-electron chi connectivity index (χ2n) is 8.43. The van der Waals surface area contributed by atoms with Crippen LogP contribution in [0.3, 0.4) is 0 Å². The zero-order valence-electron chi connectivity index (χ0n) is 19.5. The second-order valence-corrected chi connectivity index (χ2v) is 10.1. The van der Waals surface area contributed by atoms with Crippen molar-refractivity contribution in [1.82, 2.24) is 4.90 Å². The van der Waals surface area contributed by atoms with Crippen LogP contribution >= 0.6 is 0 Å². The number of sulfonamides is 1. The number of anilines is 2. The van der Waals surface area contributed by atoms with E-state index in [9.17, 15) is 23.3 Å². The number of piperazine rings is 1. The molecule has 4 rings (SSSR count). The van der Waals surface area contributed by atoms with Crippen LogP contribution in [-0.4, -0.2) is 50.3 Å². The lowest BCUT2D eigenvalue weighted by Crippen LogP contribution is -2.48. The molecule has 1 N–H and O–H groups in total. The van der Waals surface area contributed by atoms with Gasteiger partial charge in [-0.25, -0.2) is 8.42 Å². The van der Waals surface area contributed by atoms with E-state index >= 15 is 0 Å². The number of nitro benzene ring substituents is 1. The third-order valence-corrected chi connectivity index (χ3v) is 7.63. The number of nitrogens with zero attached hydrogens (tertiary/aromatic N) is 3. The summed E-state index contributed by atoms with van der Waals surface area (Å²) in [6.07, 6.45) is 0. The first kappa shape index (κ1) is 24.2. The van der Waals surface area contributed by atoms with Crippen LogP contribution in [0, 0.1) is 24.0 Å². The highest BCUT2D eigenvalue weighted by Gasteiger charge is 2.23. The number of rotatable bonds is 6. The summed E-state index contributed by atoms with van der Waals surface area (Å²) in [4.78, 5) is 27.2. The maximum absolute atomic E-state index is 13.0. The van der Waals surface area contributed by atoms with Crippen LogP contribution in [0.1, 0.15) is 21.5 Å². The molecule has 0 unspecified atom stereocenters. The van der Waals surface area contributed by atoms with Crippen LogP contribution in [0.4, 0.5) is 17.1 Å².